The van der Waals surface area contributed by atoms with Crippen LogP contribution in [0.3, 0.4) is 0 Å². The summed E-state index contributed by atoms with van der Waals surface area (Å²) in [7, 11) is 1.57. The molecule has 15 heteroatoms. The first-order valence-corrected chi connectivity index (χ1v) is 18.7. The lowest BCUT2D eigenvalue weighted by Gasteiger charge is -2.39. The summed E-state index contributed by atoms with van der Waals surface area (Å²) in [6.45, 7) is 5.05. The molecule has 0 bridgehead atoms. The summed E-state index contributed by atoms with van der Waals surface area (Å²) in [4.78, 5) is 61.8. The third-order valence-electron chi connectivity index (χ3n) is 11.5. The van der Waals surface area contributed by atoms with Crippen LogP contribution in [0.2, 0.25) is 0 Å². The molecule has 2 aromatic carbocycles. The predicted molar refractivity (Wildman–Crippen MR) is 199 cm³/mol. The van der Waals surface area contributed by atoms with E-state index in [0.717, 1.165) is 80.7 Å². The van der Waals surface area contributed by atoms with Crippen molar-refractivity contribution in [3.63, 3.8) is 0 Å². The maximum absolute atomic E-state index is 13.6. The Morgan fingerprint density at radius 1 is 1.00 bits per heavy atom. The number of anilines is 1. The quantitative estimate of drug-likeness (QED) is 0.228. The van der Waals surface area contributed by atoms with Crippen molar-refractivity contribution in [2.75, 3.05) is 44.7 Å². The first kappa shape index (κ1) is 34.0. The fourth-order valence-corrected chi connectivity index (χ4v) is 8.53. The van der Waals surface area contributed by atoms with Gasteiger partial charge < -0.3 is 19.9 Å². The zero-order chi connectivity index (χ0) is 36.9. The lowest BCUT2D eigenvalue weighted by Crippen LogP contribution is -2.52. The summed E-state index contributed by atoms with van der Waals surface area (Å²) >= 11 is 0. The average Bonchev–Trinajstić information content (AvgIpc) is 3.90. The second-order valence-corrected chi connectivity index (χ2v) is 14.8. The van der Waals surface area contributed by atoms with Gasteiger partial charge in [-0.1, -0.05) is 6.07 Å². The van der Waals surface area contributed by atoms with Crippen molar-refractivity contribution in [3.05, 3.63) is 77.7 Å². The van der Waals surface area contributed by atoms with E-state index in [-0.39, 0.29) is 36.1 Å². The number of fused-ring (bicyclic) bond motifs is 3. The molecule has 0 spiro atoms. The fraction of sp³-hybridized carbons (Fsp3) is 0.410. The number of ether oxygens (including phenoxy) is 1. The Bertz CT molecular complexity index is 2280. The summed E-state index contributed by atoms with van der Waals surface area (Å²) in [6.07, 6.45) is 9.87. The number of carbonyl (C=O) groups excluding carboxylic acids is 4. The van der Waals surface area contributed by atoms with Crippen LogP contribution in [0.15, 0.2) is 61.1 Å². The molecule has 9 rings (SSSR count). The number of amides is 4. The molecule has 1 aliphatic carbocycles. The lowest BCUT2D eigenvalue weighted by molar-refractivity contribution is -0.136. The summed E-state index contributed by atoms with van der Waals surface area (Å²) < 4.78 is 9.07. The number of carbonyl (C=O) groups is 4. The number of methoxy groups -OCH3 is 1. The van der Waals surface area contributed by atoms with Gasteiger partial charge in [-0.2, -0.15) is 14.7 Å². The second-order valence-electron chi connectivity index (χ2n) is 14.8. The number of nitrogens with one attached hydrogen (secondary N) is 2. The molecule has 5 aromatic rings. The number of piperazine rings is 1. The van der Waals surface area contributed by atoms with E-state index in [4.69, 9.17) is 9.84 Å². The molecule has 278 valence electrons. The van der Waals surface area contributed by atoms with Crippen LogP contribution >= 0.6 is 0 Å². The minimum absolute atomic E-state index is 0.103. The van der Waals surface area contributed by atoms with Crippen molar-refractivity contribution in [1.29, 1.82) is 0 Å². The van der Waals surface area contributed by atoms with E-state index in [1.54, 1.807) is 39.7 Å². The molecule has 0 radical (unpaired) electrons. The molecule has 1 atom stereocenters. The Hall–Kier alpha value is -5.83. The molecular weight excluding hydrogens is 688 g/mol. The first-order valence-electron chi connectivity index (χ1n) is 18.7. The monoisotopic (exact) mass is 730 g/mol. The van der Waals surface area contributed by atoms with Gasteiger partial charge in [0.1, 0.15) is 11.8 Å². The highest BCUT2D eigenvalue weighted by molar-refractivity contribution is 6.06. The molecule has 1 unspecified atom stereocenters. The minimum Gasteiger partial charge on any atom is -0.496 e. The first-order chi connectivity index (χ1) is 26.3. The summed E-state index contributed by atoms with van der Waals surface area (Å²) in [5.41, 5.74) is 4.50. The summed E-state index contributed by atoms with van der Waals surface area (Å²) in [5.74, 6) is 0.799. The Kier molecular flexibility index (Phi) is 8.72. The van der Waals surface area contributed by atoms with Gasteiger partial charge >= 0.3 is 0 Å². The van der Waals surface area contributed by atoms with Crippen molar-refractivity contribution in [3.8, 4) is 11.6 Å². The van der Waals surface area contributed by atoms with Crippen LogP contribution in [0.4, 0.5) is 5.69 Å². The highest BCUT2D eigenvalue weighted by Gasteiger charge is 2.39. The lowest BCUT2D eigenvalue weighted by atomic mass is 9.85. The number of hydrogen-bond donors (Lipinski definition) is 2. The third kappa shape index (κ3) is 6.31. The number of nitrogens with zero attached hydrogens (tertiary/aromatic N) is 8. The highest BCUT2D eigenvalue weighted by Crippen LogP contribution is 2.32. The Balaban J connectivity index is 0.766. The van der Waals surface area contributed by atoms with Gasteiger partial charge in [-0.25, -0.2) is 9.67 Å². The van der Waals surface area contributed by atoms with Crippen molar-refractivity contribution in [2.24, 2.45) is 5.92 Å². The molecule has 2 saturated heterocycles. The van der Waals surface area contributed by atoms with E-state index in [2.05, 4.69) is 36.6 Å². The van der Waals surface area contributed by atoms with Crippen LogP contribution in [0.25, 0.3) is 22.4 Å². The van der Waals surface area contributed by atoms with E-state index >= 15 is 0 Å². The fourth-order valence-electron chi connectivity index (χ4n) is 8.53. The molecule has 4 aliphatic rings. The van der Waals surface area contributed by atoms with Gasteiger partial charge in [-0.05, 0) is 73.9 Å². The van der Waals surface area contributed by atoms with E-state index in [0.29, 0.717) is 47.1 Å². The van der Waals surface area contributed by atoms with Crippen molar-refractivity contribution >= 4 is 45.9 Å². The topological polar surface area (TPSA) is 159 Å². The van der Waals surface area contributed by atoms with Crippen molar-refractivity contribution < 1.29 is 23.9 Å². The average molecular weight is 731 g/mol. The molecule has 6 heterocycles. The van der Waals surface area contributed by atoms with E-state index in [9.17, 15) is 19.2 Å². The predicted octanol–water partition coefficient (Wildman–Crippen LogP) is 2.95. The molecule has 3 fully saturated rings. The standard InChI is InChI=1S/C39H42N10O5/c1-54-33-19-31-26(23-48(44-31)36-20-40-34-3-2-12-41-49(34)36)17-30(33)37(51)42-27-7-4-24(5-8-27)21-45-13-15-46(16-14-45)28-9-6-25-22-47(39(53)29(25)18-28)32-10-11-35(50)43-38(32)52/h2-3,6,9,12,17-20,23-24,27,32H,4-5,7-8,10-11,13-16,21-22H2,1H3,(H,42,51)(H,43,50,52). The van der Waals surface area contributed by atoms with Gasteiger partial charge in [0.2, 0.25) is 11.8 Å². The number of rotatable bonds is 8. The zero-order valence-electron chi connectivity index (χ0n) is 30.1. The highest BCUT2D eigenvalue weighted by atomic mass is 16.5. The Labute approximate surface area is 311 Å². The maximum Gasteiger partial charge on any atom is 0.255 e. The number of imide groups is 1. The van der Waals surface area contributed by atoms with Gasteiger partial charge in [-0.3, -0.25) is 29.4 Å². The number of imidazole rings is 1. The van der Waals surface area contributed by atoms with Crippen molar-refractivity contribution in [2.45, 2.75) is 57.2 Å². The molecule has 54 heavy (non-hydrogen) atoms. The minimum atomic E-state index is -0.606. The second kappa shape index (κ2) is 13.9. The van der Waals surface area contributed by atoms with E-state index < -0.39 is 6.04 Å². The molecule has 1 saturated carbocycles. The Morgan fingerprint density at radius 3 is 2.63 bits per heavy atom. The molecule has 2 N–H and O–H groups in total. The SMILES string of the molecule is COc1cc2nn(-c3cnc4cccnn34)cc2cc1C(=O)NC1CCC(CN2CCN(c3ccc4c(c3)C(=O)N(C3CCC(=O)NC3=O)C4)CC2)CC1. The summed E-state index contributed by atoms with van der Waals surface area (Å²) in [5, 5.41) is 15.6. The number of aromatic nitrogens is 5. The molecule has 3 aliphatic heterocycles. The smallest absolute Gasteiger partial charge is 0.255 e. The van der Waals surface area contributed by atoms with Crippen molar-refractivity contribution in [1.82, 2.24) is 44.8 Å². The number of hydrogen-bond acceptors (Lipinski definition) is 10. The van der Waals surface area contributed by atoms with Gasteiger partial charge in [0.15, 0.2) is 11.5 Å². The largest absolute Gasteiger partial charge is 0.496 e. The normalized spacial score (nSPS) is 22.2. The molecule has 3 aromatic heterocycles. The molecule has 4 amide bonds. The van der Waals surface area contributed by atoms with Gasteiger partial charge in [0.25, 0.3) is 11.8 Å². The Morgan fingerprint density at radius 2 is 1.83 bits per heavy atom. The zero-order valence-corrected chi connectivity index (χ0v) is 30.1. The number of piperidine rings is 1. The van der Waals surface area contributed by atoms with E-state index in [1.807, 2.05) is 36.5 Å². The van der Waals surface area contributed by atoms with E-state index in [1.165, 1.54) is 0 Å². The third-order valence-corrected chi connectivity index (χ3v) is 11.5. The van der Waals surface area contributed by atoms with Crippen LogP contribution < -0.4 is 20.3 Å². The summed E-state index contributed by atoms with van der Waals surface area (Å²) in [6, 6.07) is 12.9. The van der Waals surface area contributed by atoms with Crippen LogP contribution in [0.1, 0.15) is 64.8 Å². The van der Waals surface area contributed by atoms with Crippen LogP contribution in [0.5, 0.6) is 5.75 Å². The van der Waals surface area contributed by atoms with Gasteiger partial charge in [-0.15, -0.1) is 0 Å². The maximum atomic E-state index is 13.6. The van der Waals surface area contributed by atoms with Crippen LogP contribution in [0, 0.1) is 5.92 Å². The van der Waals surface area contributed by atoms with Crippen LogP contribution in [-0.4, -0.2) is 110 Å². The van der Waals surface area contributed by atoms with Crippen LogP contribution in [-0.2, 0) is 16.1 Å². The van der Waals surface area contributed by atoms with Gasteiger partial charge in [0, 0.05) is 86.8 Å². The van der Waals surface area contributed by atoms with Gasteiger partial charge in [0.05, 0.1) is 24.4 Å². The number of benzene rings is 2. The molecular formula is C39H42N10O5. The molecule has 15 nitrogen and oxygen atoms in total.